The summed E-state index contributed by atoms with van der Waals surface area (Å²) in [6.07, 6.45) is 4.66. The van der Waals surface area contributed by atoms with E-state index in [1.807, 2.05) is 4.57 Å². The lowest BCUT2D eigenvalue weighted by atomic mass is 9.88. The Morgan fingerprint density at radius 2 is 2.06 bits per heavy atom. The number of aromatic nitrogens is 3. The molecule has 2 aliphatic rings. The molecule has 172 valence electrons. The third-order valence-corrected chi connectivity index (χ3v) is 8.15. The van der Waals surface area contributed by atoms with Crippen LogP contribution in [0.5, 0.6) is 0 Å². The van der Waals surface area contributed by atoms with Crippen molar-refractivity contribution in [2.45, 2.75) is 50.2 Å². The summed E-state index contributed by atoms with van der Waals surface area (Å²) in [5.41, 5.74) is 7.48. The highest BCUT2D eigenvalue weighted by Crippen LogP contribution is 2.42. The Hall–Kier alpha value is -2.72. The first kappa shape index (κ1) is 22.1. The van der Waals surface area contributed by atoms with Crippen LogP contribution in [0.1, 0.15) is 53.0 Å². The number of nitrogens with one attached hydrogen (secondary N) is 1. The number of nitrogens with two attached hydrogens (primary N) is 1. The van der Waals surface area contributed by atoms with Crippen LogP contribution in [0.3, 0.4) is 0 Å². The fourth-order valence-electron chi connectivity index (χ4n) is 4.26. The molecule has 1 atom stereocenters. The summed E-state index contributed by atoms with van der Waals surface area (Å²) >= 11 is 2.71. The van der Waals surface area contributed by atoms with Gasteiger partial charge < -0.3 is 11.1 Å². The van der Waals surface area contributed by atoms with E-state index < -0.39 is 5.91 Å². The van der Waals surface area contributed by atoms with Gasteiger partial charge in [-0.3, -0.25) is 14.2 Å². The van der Waals surface area contributed by atoms with E-state index in [0.29, 0.717) is 33.0 Å². The van der Waals surface area contributed by atoms with Crippen LogP contribution in [-0.2, 0) is 17.6 Å². The number of thiophene rings is 1. The van der Waals surface area contributed by atoms with Crippen LogP contribution in [0, 0.1) is 11.7 Å². The first-order chi connectivity index (χ1) is 15.9. The Bertz CT molecular complexity index is 1230. The molecule has 5 rings (SSSR count). The van der Waals surface area contributed by atoms with E-state index in [1.165, 1.54) is 29.2 Å². The van der Waals surface area contributed by atoms with E-state index in [9.17, 15) is 14.0 Å². The molecule has 2 amide bonds. The van der Waals surface area contributed by atoms with Gasteiger partial charge in [-0.25, -0.2) is 4.39 Å². The van der Waals surface area contributed by atoms with Crippen molar-refractivity contribution in [3.8, 4) is 11.4 Å². The van der Waals surface area contributed by atoms with Crippen LogP contribution >= 0.6 is 23.1 Å². The minimum Gasteiger partial charge on any atom is -0.365 e. The van der Waals surface area contributed by atoms with E-state index in [4.69, 9.17) is 5.73 Å². The van der Waals surface area contributed by atoms with Crippen molar-refractivity contribution < 1.29 is 14.0 Å². The zero-order valence-electron chi connectivity index (χ0n) is 18.1. The van der Waals surface area contributed by atoms with Crippen molar-refractivity contribution in [1.82, 2.24) is 14.8 Å². The molecule has 0 bridgehead atoms. The summed E-state index contributed by atoms with van der Waals surface area (Å²) in [5.74, 6) is 0.0261. The highest BCUT2D eigenvalue weighted by Gasteiger charge is 2.31. The Morgan fingerprint density at radius 3 is 2.79 bits per heavy atom. The van der Waals surface area contributed by atoms with Gasteiger partial charge in [-0.15, -0.1) is 21.5 Å². The van der Waals surface area contributed by atoms with Crippen molar-refractivity contribution in [3.05, 3.63) is 46.1 Å². The molecule has 1 saturated carbocycles. The monoisotopic (exact) mass is 485 g/mol. The van der Waals surface area contributed by atoms with Gasteiger partial charge in [0.2, 0.25) is 5.91 Å². The highest BCUT2D eigenvalue weighted by atomic mass is 32.2. The molecule has 2 aliphatic carbocycles. The van der Waals surface area contributed by atoms with Gasteiger partial charge in [0.25, 0.3) is 5.91 Å². The number of nitrogens with zero attached hydrogens (tertiary/aromatic N) is 3. The van der Waals surface area contributed by atoms with Crippen molar-refractivity contribution in [2.24, 2.45) is 11.7 Å². The molecule has 2 heterocycles. The number of thioether (sulfide) groups is 1. The third kappa shape index (κ3) is 4.41. The second-order valence-electron chi connectivity index (χ2n) is 8.64. The van der Waals surface area contributed by atoms with Crippen LogP contribution in [0.15, 0.2) is 29.4 Å². The zero-order valence-corrected chi connectivity index (χ0v) is 19.8. The lowest BCUT2D eigenvalue weighted by Crippen LogP contribution is -2.20. The summed E-state index contributed by atoms with van der Waals surface area (Å²) in [7, 11) is 0. The number of hydrogen-bond donors (Lipinski definition) is 2. The summed E-state index contributed by atoms with van der Waals surface area (Å²) < 4.78 is 16.3. The molecular formula is C23H24FN5O2S2. The third-order valence-electron chi connectivity index (χ3n) is 6.03. The van der Waals surface area contributed by atoms with Crippen molar-refractivity contribution >= 4 is 39.9 Å². The molecule has 1 fully saturated rings. The first-order valence-corrected chi connectivity index (χ1v) is 12.8. The topological polar surface area (TPSA) is 103 Å². The molecule has 33 heavy (non-hydrogen) atoms. The van der Waals surface area contributed by atoms with Gasteiger partial charge in [-0.2, -0.15) is 0 Å². The molecule has 0 saturated heterocycles. The number of carbonyl (C=O) groups excluding carboxylic acids is 2. The lowest BCUT2D eigenvalue weighted by Gasteiger charge is -2.18. The molecule has 7 nitrogen and oxygen atoms in total. The summed E-state index contributed by atoms with van der Waals surface area (Å²) in [4.78, 5) is 26.0. The van der Waals surface area contributed by atoms with Crippen molar-refractivity contribution in [1.29, 1.82) is 0 Å². The Morgan fingerprint density at radius 1 is 1.27 bits per heavy atom. The second kappa shape index (κ2) is 8.90. The average molecular weight is 486 g/mol. The second-order valence-corrected chi connectivity index (χ2v) is 10.7. The van der Waals surface area contributed by atoms with E-state index in [1.54, 1.807) is 18.2 Å². The highest BCUT2D eigenvalue weighted by molar-refractivity contribution is 7.99. The van der Waals surface area contributed by atoms with Gasteiger partial charge in [0.1, 0.15) is 10.8 Å². The summed E-state index contributed by atoms with van der Waals surface area (Å²) in [5, 5.41) is 12.5. The van der Waals surface area contributed by atoms with Gasteiger partial charge in [0.05, 0.1) is 16.9 Å². The minimum atomic E-state index is -0.506. The Kier molecular flexibility index (Phi) is 5.96. The van der Waals surface area contributed by atoms with Crippen LogP contribution < -0.4 is 11.1 Å². The van der Waals surface area contributed by atoms with Crippen LogP contribution in [-0.4, -0.2) is 32.3 Å². The first-order valence-electron chi connectivity index (χ1n) is 11.0. The SMILES string of the molecule is C[C@H]1CCc2c(sc(NC(=O)CSc3nnc(-c4ccccc4F)n3C3CC3)c2C(N)=O)C1. The Balaban J connectivity index is 1.33. The molecule has 0 spiro atoms. The fourth-order valence-corrected chi connectivity index (χ4v) is 6.49. The van der Waals surface area contributed by atoms with Crippen LogP contribution in [0.25, 0.3) is 11.4 Å². The predicted octanol–water partition coefficient (Wildman–Crippen LogP) is 4.44. The standard InChI is InChI=1S/C23H24FN5O2S2/c1-12-6-9-15-17(10-12)33-22(19(15)20(25)31)26-18(30)11-32-23-28-27-21(29(23)13-7-8-13)14-4-2-3-5-16(14)24/h2-5,12-13H,6-11H2,1H3,(H2,25,31)(H,26,30)/t12-/m0/s1. The molecule has 3 N–H and O–H groups in total. The number of fused-ring (bicyclic) bond motifs is 1. The predicted molar refractivity (Wildman–Crippen MR) is 127 cm³/mol. The van der Waals surface area contributed by atoms with E-state index >= 15 is 0 Å². The van der Waals surface area contributed by atoms with Gasteiger partial charge in [-0.1, -0.05) is 30.8 Å². The Labute approximate surface area is 199 Å². The smallest absolute Gasteiger partial charge is 0.251 e. The maximum absolute atomic E-state index is 14.3. The fraction of sp³-hybridized carbons (Fsp3) is 0.391. The van der Waals surface area contributed by atoms with E-state index in [-0.39, 0.29) is 23.5 Å². The quantitative estimate of drug-likeness (QED) is 0.482. The molecule has 10 heteroatoms. The van der Waals surface area contributed by atoms with E-state index in [0.717, 1.165) is 42.5 Å². The zero-order chi connectivity index (χ0) is 23.1. The largest absolute Gasteiger partial charge is 0.365 e. The molecule has 0 unspecified atom stereocenters. The molecular weight excluding hydrogens is 461 g/mol. The number of rotatable bonds is 7. The van der Waals surface area contributed by atoms with Gasteiger partial charge in [0, 0.05) is 10.9 Å². The molecule has 3 aromatic rings. The average Bonchev–Trinajstić information content (AvgIpc) is 3.42. The normalized spacial score (nSPS) is 17.6. The van der Waals surface area contributed by atoms with Gasteiger partial charge in [-0.05, 0) is 55.7 Å². The number of carbonyl (C=O) groups is 2. The van der Waals surface area contributed by atoms with Crippen LogP contribution in [0.4, 0.5) is 9.39 Å². The number of anilines is 1. The molecule has 0 radical (unpaired) electrons. The number of benzene rings is 1. The van der Waals surface area contributed by atoms with Crippen LogP contribution in [0.2, 0.25) is 0 Å². The number of hydrogen-bond acceptors (Lipinski definition) is 6. The number of amides is 2. The maximum atomic E-state index is 14.3. The van der Waals surface area contributed by atoms with Gasteiger partial charge in [0.15, 0.2) is 11.0 Å². The molecule has 1 aromatic carbocycles. The summed E-state index contributed by atoms with van der Waals surface area (Å²) in [6, 6.07) is 6.71. The van der Waals surface area contributed by atoms with Gasteiger partial charge >= 0.3 is 0 Å². The molecule has 2 aromatic heterocycles. The minimum absolute atomic E-state index is 0.0965. The number of primary amides is 1. The maximum Gasteiger partial charge on any atom is 0.251 e. The lowest BCUT2D eigenvalue weighted by molar-refractivity contribution is -0.113. The van der Waals surface area contributed by atoms with Crippen molar-refractivity contribution in [2.75, 3.05) is 11.1 Å². The summed E-state index contributed by atoms with van der Waals surface area (Å²) in [6.45, 7) is 2.19. The molecule has 0 aliphatic heterocycles. The van der Waals surface area contributed by atoms with E-state index in [2.05, 4.69) is 22.4 Å². The van der Waals surface area contributed by atoms with Crippen molar-refractivity contribution in [3.63, 3.8) is 0 Å². The number of halogens is 1.